The van der Waals surface area contributed by atoms with Crippen LogP contribution in [-0.2, 0) is 16.0 Å². The quantitative estimate of drug-likeness (QED) is 0.832. The van der Waals surface area contributed by atoms with Gasteiger partial charge < -0.3 is 13.9 Å². The molecule has 22 heavy (non-hydrogen) atoms. The van der Waals surface area contributed by atoms with Crippen LogP contribution in [0.25, 0.3) is 0 Å². The molecule has 0 N–H and O–H groups in total. The molecule has 122 valence electrons. The summed E-state index contributed by atoms with van der Waals surface area (Å²) < 4.78 is 17.2. The van der Waals surface area contributed by atoms with Crippen LogP contribution in [0.2, 0.25) is 0 Å². The molecular formula is C17H25NO3S. The van der Waals surface area contributed by atoms with Crippen LogP contribution in [0, 0.1) is 5.92 Å². The minimum atomic E-state index is 0.462. The molecule has 0 aromatic carbocycles. The number of furan rings is 1. The zero-order valence-electron chi connectivity index (χ0n) is 13.0. The van der Waals surface area contributed by atoms with Gasteiger partial charge in [0.05, 0.1) is 18.6 Å². The molecule has 0 saturated carbocycles. The second kappa shape index (κ2) is 6.56. The SMILES string of the molecule is c1cc(CN2CC3(C[C@@H](OCC4CCOCC4)CS3)C2)co1. The maximum absolute atomic E-state index is 6.20. The van der Waals surface area contributed by atoms with E-state index >= 15 is 0 Å². The molecule has 1 spiro atoms. The number of likely N-dealkylation sites (tertiary alicyclic amines) is 1. The highest BCUT2D eigenvalue weighted by atomic mass is 32.2. The largest absolute Gasteiger partial charge is 0.472 e. The predicted octanol–water partition coefficient (Wildman–Crippen LogP) is 2.78. The molecule has 1 aromatic heterocycles. The van der Waals surface area contributed by atoms with Gasteiger partial charge in [0.25, 0.3) is 0 Å². The van der Waals surface area contributed by atoms with Crippen LogP contribution in [0.15, 0.2) is 23.0 Å². The first-order valence-corrected chi connectivity index (χ1v) is 9.37. The van der Waals surface area contributed by atoms with Crippen molar-refractivity contribution in [2.45, 2.75) is 36.7 Å². The third kappa shape index (κ3) is 3.37. The van der Waals surface area contributed by atoms with Gasteiger partial charge in [-0.15, -0.1) is 11.8 Å². The lowest BCUT2D eigenvalue weighted by Crippen LogP contribution is -2.58. The first-order valence-electron chi connectivity index (χ1n) is 8.38. The van der Waals surface area contributed by atoms with Crippen molar-refractivity contribution < 1.29 is 13.9 Å². The van der Waals surface area contributed by atoms with Crippen LogP contribution >= 0.6 is 11.8 Å². The molecule has 3 saturated heterocycles. The Morgan fingerprint density at radius 1 is 1.32 bits per heavy atom. The molecule has 5 heteroatoms. The average Bonchev–Trinajstić information content (AvgIpc) is 3.16. The van der Waals surface area contributed by atoms with Crippen molar-refractivity contribution in [2.24, 2.45) is 5.92 Å². The summed E-state index contributed by atoms with van der Waals surface area (Å²) >= 11 is 2.13. The molecule has 3 aliphatic heterocycles. The molecule has 4 heterocycles. The Labute approximate surface area is 136 Å². The number of ether oxygens (including phenoxy) is 2. The molecule has 0 radical (unpaired) electrons. The average molecular weight is 323 g/mol. The monoisotopic (exact) mass is 323 g/mol. The van der Waals surface area contributed by atoms with E-state index in [0.29, 0.717) is 16.8 Å². The van der Waals surface area contributed by atoms with Crippen molar-refractivity contribution in [3.63, 3.8) is 0 Å². The maximum Gasteiger partial charge on any atom is 0.0947 e. The standard InChI is InChI=1S/C17H25NO3S/c1-4-19-5-2-14(1)10-21-16-7-17(22-11-16)12-18(13-17)8-15-3-6-20-9-15/h3,6,9,14,16H,1-2,4-5,7-8,10-13H2/t16-/m1/s1. The van der Waals surface area contributed by atoms with Crippen molar-refractivity contribution in [3.8, 4) is 0 Å². The highest BCUT2D eigenvalue weighted by Crippen LogP contribution is 2.46. The van der Waals surface area contributed by atoms with Gasteiger partial charge in [0.1, 0.15) is 0 Å². The van der Waals surface area contributed by atoms with Gasteiger partial charge in [0.2, 0.25) is 0 Å². The topological polar surface area (TPSA) is 34.8 Å². The molecule has 3 aliphatic rings. The van der Waals surface area contributed by atoms with Crippen LogP contribution in [0.3, 0.4) is 0 Å². The van der Waals surface area contributed by atoms with Crippen molar-refractivity contribution in [3.05, 3.63) is 24.2 Å². The van der Waals surface area contributed by atoms with Gasteiger partial charge in [0, 0.05) is 55.5 Å². The number of hydrogen-bond donors (Lipinski definition) is 0. The Hall–Kier alpha value is -0.490. The van der Waals surface area contributed by atoms with Crippen molar-refractivity contribution in [1.29, 1.82) is 0 Å². The third-order valence-electron chi connectivity index (χ3n) is 5.09. The van der Waals surface area contributed by atoms with Crippen LogP contribution < -0.4 is 0 Å². The van der Waals surface area contributed by atoms with Crippen LogP contribution in [0.4, 0.5) is 0 Å². The fourth-order valence-corrected chi connectivity index (χ4v) is 5.44. The molecule has 1 atom stereocenters. The zero-order chi connectivity index (χ0) is 14.8. The molecule has 0 aliphatic carbocycles. The van der Waals surface area contributed by atoms with Gasteiger partial charge in [-0.25, -0.2) is 0 Å². The van der Waals surface area contributed by atoms with E-state index in [2.05, 4.69) is 22.7 Å². The molecule has 1 aromatic rings. The van der Waals surface area contributed by atoms with E-state index in [1.165, 1.54) is 43.7 Å². The zero-order valence-corrected chi connectivity index (χ0v) is 13.9. The minimum Gasteiger partial charge on any atom is -0.472 e. The highest BCUT2D eigenvalue weighted by molar-refractivity contribution is 8.01. The van der Waals surface area contributed by atoms with Gasteiger partial charge in [0.15, 0.2) is 0 Å². The first kappa shape index (κ1) is 15.1. The van der Waals surface area contributed by atoms with Crippen molar-refractivity contribution >= 4 is 11.8 Å². The second-order valence-electron chi connectivity index (χ2n) is 6.99. The second-order valence-corrected chi connectivity index (χ2v) is 8.47. The molecule has 0 unspecified atom stereocenters. The molecule has 4 rings (SSSR count). The Bertz CT molecular complexity index is 466. The van der Waals surface area contributed by atoms with Gasteiger partial charge in [-0.2, -0.15) is 0 Å². The maximum atomic E-state index is 6.20. The van der Waals surface area contributed by atoms with E-state index in [1.807, 2.05) is 6.26 Å². The van der Waals surface area contributed by atoms with Crippen molar-refractivity contribution in [2.75, 3.05) is 38.7 Å². The fraction of sp³-hybridized carbons (Fsp3) is 0.765. The van der Waals surface area contributed by atoms with E-state index < -0.39 is 0 Å². The number of hydrogen-bond acceptors (Lipinski definition) is 5. The predicted molar refractivity (Wildman–Crippen MR) is 87.1 cm³/mol. The number of rotatable bonds is 5. The molecular weight excluding hydrogens is 298 g/mol. The number of thioether (sulfide) groups is 1. The smallest absolute Gasteiger partial charge is 0.0947 e. The summed E-state index contributed by atoms with van der Waals surface area (Å²) in [6, 6.07) is 2.06. The van der Waals surface area contributed by atoms with Gasteiger partial charge in [-0.3, -0.25) is 4.90 Å². The highest BCUT2D eigenvalue weighted by Gasteiger charge is 2.49. The normalized spacial score (nSPS) is 29.0. The summed E-state index contributed by atoms with van der Waals surface area (Å²) in [7, 11) is 0. The van der Waals surface area contributed by atoms with Gasteiger partial charge in [-0.1, -0.05) is 0 Å². The van der Waals surface area contributed by atoms with Crippen molar-refractivity contribution in [1.82, 2.24) is 4.90 Å². The molecule has 3 fully saturated rings. The van der Waals surface area contributed by atoms with E-state index in [1.54, 1.807) is 6.26 Å². The van der Waals surface area contributed by atoms with Gasteiger partial charge >= 0.3 is 0 Å². The Balaban J connectivity index is 1.18. The minimum absolute atomic E-state index is 0.462. The Kier molecular flexibility index (Phi) is 4.49. The summed E-state index contributed by atoms with van der Waals surface area (Å²) in [6.45, 7) is 6.18. The van der Waals surface area contributed by atoms with Gasteiger partial charge in [-0.05, 0) is 31.2 Å². The first-order chi connectivity index (χ1) is 10.8. The summed E-state index contributed by atoms with van der Waals surface area (Å²) in [6.07, 6.45) is 7.64. The lowest BCUT2D eigenvalue weighted by molar-refractivity contribution is -0.0133. The summed E-state index contributed by atoms with van der Waals surface area (Å²) in [5.74, 6) is 1.89. The molecule has 0 amide bonds. The summed E-state index contributed by atoms with van der Waals surface area (Å²) in [5, 5.41) is 0. The number of nitrogens with zero attached hydrogens (tertiary/aromatic N) is 1. The molecule has 4 nitrogen and oxygen atoms in total. The lowest BCUT2D eigenvalue weighted by atomic mass is 9.92. The van der Waals surface area contributed by atoms with E-state index in [0.717, 1.165) is 26.4 Å². The van der Waals surface area contributed by atoms with Crippen LogP contribution in [0.1, 0.15) is 24.8 Å². The third-order valence-corrected chi connectivity index (χ3v) is 6.67. The summed E-state index contributed by atoms with van der Waals surface area (Å²) in [4.78, 5) is 2.51. The lowest BCUT2D eigenvalue weighted by Gasteiger charge is -2.47. The van der Waals surface area contributed by atoms with E-state index in [9.17, 15) is 0 Å². The fourth-order valence-electron chi connectivity index (χ4n) is 3.84. The van der Waals surface area contributed by atoms with Crippen LogP contribution in [-0.4, -0.2) is 54.4 Å². The Morgan fingerprint density at radius 3 is 2.95 bits per heavy atom. The van der Waals surface area contributed by atoms with E-state index in [4.69, 9.17) is 13.9 Å². The van der Waals surface area contributed by atoms with E-state index in [-0.39, 0.29) is 0 Å². The Morgan fingerprint density at radius 2 is 2.18 bits per heavy atom. The van der Waals surface area contributed by atoms with Crippen LogP contribution in [0.5, 0.6) is 0 Å². The summed E-state index contributed by atoms with van der Waals surface area (Å²) in [5.41, 5.74) is 1.28. The molecule has 0 bridgehead atoms.